The van der Waals surface area contributed by atoms with Gasteiger partial charge in [0.1, 0.15) is 0 Å². The molecule has 62 heavy (non-hydrogen) atoms. The number of benzene rings is 10. The Morgan fingerprint density at radius 1 is 0.323 bits per heavy atom. The molecule has 0 N–H and O–H groups in total. The van der Waals surface area contributed by atoms with E-state index in [2.05, 4.69) is 219 Å². The number of fused-ring (bicyclic) bond motifs is 7. The van der Waals surface area contributed by atoms with Crippen LogP contribution in [0.15, 0.2) is 218 Å². The lowest BCUT2D eigenvalue weighted by atomic mass is 9.72. The molecule has 0 fully saturated rings. The summed E-state index contributed by atoms with van der Waals surface area (Å²) in [6.07, 6.45) is 0. The number of nitrogens with zero attached hydrogens (tertiary/aromatic N) is 3. The average molecular weight is 790 g/mol. The number of hydrogen-bond acceptors (Lipinski definition) is 3. The summed E-state index contributed by atoms with van der Waals surface area (Å²) >= 11 is 0. The third-order valence-corrected chi connectivity index (χ3v) is 13.0. The number of rotatable bonds is 6. The van der Waals surface area contributed by atoms with E-state index in [1.54, 1.807) is 0 Å². The maximum Gasteiger partial charge on any atom is 0.164 e. The van der Waals surface area contributed by atoms with Gasteiger partial charge in [0.15, 0.2) is 17.5 Å². The van der Waals surface area contributed by atoms with Crippen molar-refractivity contribution in [2.24, 2.45) is 0 Å². The minimum Gasteiger partial charge on any atom is -0.208 e. The van der Waals surface area contributed by atoms with Crippen LogP contribution in [-0.4, -0.2) is 15.0 Å². The van der Waals surface area contributed by atoms with Gasteiger partial charge < -0.3 is 0 Å². The molecule has 0 amide bonds. The SMILES string of the molecule is CC1(c2ccccc2)c2ccccc2-c2cccc(-c3nc(-c4ccc(-c5c6ccccc6cc6c5ccc5ccccc56)cc4)nc(-c4cccc(-c5ccccc5)c4)n3)c21. The Balaban J connectivity index is 1.06. The van der Waals surface area contributed by atoms with E-state index in [0.29, 0.717) is 17.5 Å². The summed E-state index contributed by atoms with van der Waals surface area (Å²) in [4.78, 5) is 16.0. The van der Waals surface area contributed by atoms with Gasteiger partial charge in [-0.2, -0.15) is 0 Å². The van der Waals surface area contributed by atoms with Crippen LogP contribution in [-0.2, 0) is 5.41 Å². The summed E-state index contributed by atoms with van der Waals surface area (Å²) in [6.45, 7) is 2.35. The van der Waals surface area contributed by atoms with Gasteiger partial charge in [0.2, 0.25) is 0 Å². The van der Waals surface area contributed by atoms with Crippen LogP contribution in [0.3, 0.4) is 0 Å². The molecule has 0 radical (unpaired) electrons. The van der Waals surface area contributed by atoms with Crippen molar-refractivity contribution in [2.75, 3.05) is 0 Å². The number of hydrogen-bond donors (Lipinski definition) is 0. The molecule has 1 aromatic heterocycles. The average Bonchev–Trinajstić information content (AvgIpc) is 3.62. The molecular formula is C59H39N3. The topological polar surface area (TPSA) is 38.7 Å². The largest absolute Gasteiger partial charge is 0.208 e. The van der Waals surface area contributed by atoms with Crippen molar-refractivity contribution in [1.82, 2.24) is 15.0 Å². The molecule has 10 aromatic carbocycles. The maximum atomic E-state index is 5.39. The molecule has 11 aromatic rings. The lowest BCUT2D eigenvalue weighted by Crippen LogP contribution is -2.23. The molecule has 1 atom stereocenters. The molecule has 1 aliphatic rings. The molecule has 290 valence electrons. The van der Waals surface area contributed by atoms with Crippen molar-refractivity contribution in [3.8, 4) is 67.5 Å². The molecule has 0 saturated heterocycles. The summed E-state index contributed by atoms with van der Waals surface area (Å²) in [7, 11) is 0. The van der Waals surface area contributed by atoms with Crippen LogP contribution in [0.2, 0.25) is 0 Å². The van der Waals surface area contributed by atoms with Crippen molar-refractivity contribution >= 4 is 32.3 Å². The maximum absolute atomic E-state index is 5.39. The fourth-order valence-electron chi connectivity index (χ4n) is 10.0. The van der Waals surface area contributed by atoms with E-state index in [4.69, 9.17) is 15.0 Å². The van der Waals surface area contributed by atoms with E-state index in [1.807, 2.05) is 6.07 Å². The Bertz CT molecular complexity index is 3520. The first-order valence-electron chi connectivity index (χ1n) is 21.3. The Kier molecular flexibility index (Phi) is 8.29. The van der Waals surface area contributed by atoms with E-state index in [-0.39, 0.29) is 0 Å². The van der Waals surface area contributed by atoms with E-state index >= 15 is 0 Å². The highest BCUT2D eigenvalue weighted by Crippen LogP contribution is 2.55. The Morgan fingerprint density at radius 3 is 1.73 bits per heavy atom. The molecule has 1 heterocycles. The molecule has 1 unspecified atom stereocenters. The van der Waals surface area contributed by atoms with Gasteiger partial charge in [-0.25, -0.2) is 15.0 Å². The van der Waals surface area contributed by atoms with E-state index < -0.39 is 5.41 Å². The van der Waals surface area contributed by atoms with Crippen molar-refractivity contribution in [3.05, 3.63) is 235 Å². The number of aromatic nitrogens is 3. The smallest absolute Gasteiger partial charge is 0.164 e. The third kappa shape index (κ3) is 5.70. The highest BCUT2D eigenvalue weighted by Gasteiger charge is 2.43. The normalized spacial score (nSPS) is 14.3. The zero-order chi connectivity index (χ0) is 41.2. The van der Waals surface area contributed by atoms with Crippen LogP contribution < -0.4 is 0 Å². The van der Waals surface area contributed by atoms with Crippen LogP contribution in [0.25, 0.3) is 99.9 Å². The molecule has 12 rings (SSSR count). The Labute approximate surface area is 360 Å². The van der Waals surface area contributed by atoms with Gasteiger partial charge in [-0.15, -0.1) is 0 Å². The molecule has 0 spiro atoms. The lowest BCUT2D eigenvalue weighted by Gasteiger charge is -2.30. The van der Waals surface area contributed by atoms with Crippen molar-refractivity contribution in [1.29, 1.82) is 0 Å². The summed E-state index contributed by atoms with van der Waals surface area (Å²) in [5.41, 5.74) is 13.2. The first-order chi connectivity index (χ1) is 30.6. The van der Waals surface area contributed by atoms with Crippen molar-refractivity contribution in [2.45, 2.75) is 12.3 Å². The second-order valence-electron chi connectivity index (χ2n) is 16.4. The van der Waals surface area contributed by atoms with E-state index in [9.17, 15) is 0 Å². The first kappa shape index (κ1) is 35.9. The van der Waals surface area contributed by atoms with Gasteiger partial charge in [0, 0.05) is 22.1 Å². The standard InChI is InChI=1S/C59H39N3/c1-59(45-22-6-3-7-23-45)53-29-13-12-26-48(53)50-27-15-28-51(55(50)59)58-61-56(60-57(62-58)44-21-14-20-42(36-44)38-16-4-2-5-17-38)41-32-30-40(31-33-41)54-47-25-11-9-19-43(47)37-52-46-24-10-8-18-39(46)34-35-49(52)54/h2-37H,1H3. The van der Waals surface area contributed by atoms with Gasteiger partial charge in [-0.3, -0.25) is 0 Å². The van der Waals surface area contributed by atoms with Gasteiger partial charge in [-0.1, -0.05) is 206 Å². The minimum absolute atomic E-state index is 0.432. The quantitative estimate of drug-likeness (QED) is 0.124. The van der Waals surface area contributed by atoms with Crippen molar-refractivity contribution in [3.63, 3.8) is 0 Å². The summed E-state index contributed by atoms with van der Waals surface area (Å²) in [6, 6.07) is 78.3. The third-order valence-electron chi connectivity index (χ3n) is 13.0. The molecule has 3 nitrogen and oxygen atoms in total. The Morgan fingerprint density at radius 2 is 0.903 bits per heavy atom. The Hall–Kier alpha value is -8.01. The van der Waals surface area contributed by atoms with Gasteiger partial charge in [0.25, 0.3) is 0 Å². The summed E-state index contributed by atoms with van der Waals surface area (Å²) in [5.74, 6) is 1.91. The van der Waals surface area contributed by atoms with Crippen LogP contribution in [0.5, 0.6) is 0 Å². The lowest BCUT2D eigenvalue weighted by molar-refractivity contribution is 0.714. The summed E-state index contributed by atoms with van der Waals surface area (Å²) in [5, 5.41) is 7.44. The van der Waals surface area contributed by atoms with E-state index in [1.165, 1.54) is 65.7 Å². The zero-order valence-corrected chi connectivity index (χ0v) is 34.1. The monoisotopic (exact) mass is 789 g/mol. The minimum atomic E-state index is -0.432. The van der Waals surface area contributed by atoms with Crippen LogP contribution in [0.4, 0.5) is 0 Å². The van der Waals surface area contributed by atoms with Gasteiger partial charge in [-0.05, 0) is 101 Å². The fourth-order valence-corrected chi connectivity index (χ4v) is 10.0. The predicted molar refractivity (Wildman–Crippen MR) is 257 cm³/mol. The molecule has 3 heteroatoms. The molecular weight excluding hydrogens is 751 g/mol. The van der Waals surface area contributed by atoms with Gasteiger partial charge >= 0.3 is 0 Å². The second-order valence-corrected chi connectivity index (χ2v) is 16.4. The molecule has 0 aliphatic heterocycles. The van der Waals surface area contributed by atoms with Crippen molar-refractivity contribution < 1.29 is 0 Å². The van der Waals surface area contributed by atoms with Crippen LogP contribution in [0, 0.1) is 0 Å². The highest BCUT2D eigenvalue weighted by molar-refractivity contribution is 6.20. The molecule has 0 saturated carbocycles. The fraction of sp³-hybridized carbons (Fsp3) is 0.0339. The highest BCUT2D eigenvalue weighted by atomic mass is 15.0. The van der Waals surface area contributed by atoms with E-state index in [0.717, 1.165) is 33.4 Å². The first-order valence-corrected chi connectivity index (χ1v) is 21.3. The van der Waals surface area contributed by atoms with Crippen LogP contribution in [0.1, 0.15) is 23.6 Å². The molecule has 0 bridgehead atoms. The van der Waals surface area contributed by atoms with Crippen LogP contribution >= 0.6 is 0 Å². The predicted octanol–water partition coefficient (Wildman–Crippen LogP) is 15.0. The second kappa shape index (κ2) is 14.3. The van der Waals surface area contributed by atoms with Gasteiger partial charge in [0.05, 0.1) is 0 Å². The summed E-state index contributed by atoms with van der Waals surface area (Å²) < 4.78 is 0. The zero-order valence-electron chi connectivity index (χ0n) is 34.1. The molecule has 1 aliphatic carbocycles.